The number of carbonyl (C=O) groups excluding carboxylic acids is 1. The number of thioether (sulfide) groups is 2. The average Bonchev–Trinajstić information content (AvgIpc) is 2.57. The monoisotopic (exact) mass is 442 g/mol. The van der Waals surface area contributed by atoms with Crippen molar-refractivity contribution in [2.45, 2.75) is 13.8 Å². The van der Waals surface area contributed by atoms with Crippen LogP contribution in [0.1, 0.15) is 21.5 Å². The Balaban J connectivity index is 2.48. The Hall–Kier alpha value is -0.641. The van der Waals surface area contributed by atoms with Crippen molar-refractivity contribution in [2.75, 3.05) is 12.5 Å². The number of ketones is 1. The first-order chi connectivity index (χ1) is 11.5. The van der Waals surface area contributed by atoms with Crippen LogP contribution in [0.5, 0.6) is 0 Å². The number of benzene rings is 2. The number of carbonyl (C=O) groups is 1. The Labute approximate surface area is 163 Å². The van der Waals surface area contributed by atoms with Crippen LogP contribution in [0.4, 0.5) is 0 Å². The zero-order valence-corrected chi connectivity index (χ0v) is 18.2. The third-order valence-corrected chi connectivity index (χ3v) is 9.49. The van der Waals surface area contributed by atoms with E-state index in [1.54, 1.807) is 35.7 Å². The predicted octanol–water partition coefficient (Wildman–Crippen LogP) is 5.06. The van der Waals surface area contributed by atoms with Crippen LogP contribution in [-0.2, 0) is 0 Å². The quantitative estimate of drug-likeness (QED) is 0.354. The molecule has 0 atom stereocenters. The van der Waals surface area contributed by atoms with E-state index in [1.165, 1.54) is 15.6 Å². The summed E-state index contributed by atoms with van der Waals surface area (Å²) in [6.07, 6.45) is 4.06. The van der Waals surface area contributed by atoms with Crippen molar-refractivity contribution >= 4 is 60.3 Å². The van der Waals surface area contributed by atoms with E-state index in [-0.39, 0.29) is 20.7 Å². The molecule has 0 fully saturated rings. The summed E-state index contributed by atoms with van der Waals surface area (Å²) in [6, 6.07) is 13.5. The minimum absolute atomic E-state index is 0.0342. The first-order valence-corrected chi connectivity index (χ1v) is 11.9. The molecule has 0 aromatic heterocycles. The van der Waals surface area contributed by atoms with Gasteiger partial charge in [0.2, 0.25) is 0 Å². The van der Waals surface area contributed by atoms with E-state index in [2.05, 4.69) is 32.0 Å². The molecule has 0 bridgehead atoms. The molecule has 0 aliphatic heterocycles. The average molecular weight is 442 g/mol. The third-order valence-electron chi connectivity index (χ3n) is 3.48. The molecule has 0 aliphatic rings. The predicted molar refractivity (Wildman–Crippen MR) is 111 cm³/mol. The van der Waals surface area contributed by atoms with Gasteiger partial charge in [0.1, 0.15) is 0 Å². The van der Waals surface area contributed by atoms with Gasteiger partial charge in [-0.2, -0.15) is 0 Å². The summed E-state index contributed by atoms with van der Waals surface area (Å²) >= 11 is 9.22. The van der Waals surface area contributed by atoms with E-state index in [1.807, 2.05) is 24.6 Å². The molecular weight excluding hydrogens is 423 g/mol. The molecule has 0 saturated heterocycles. The van der Waals surface area contributed by atoms with Crippen LogP contribution in [0.3, 0.4) is 0 Å². The van der Waals surface area contributed by atoms with Crippen molar-refractivity contribution in [3.63, 3.8) is 0 Å². The van der Waals surface area contributed by atoms with Crippen LogP contribution in [0, 0.1) is 13.8 Å². The zero-order valence-electron chi connectivity index (χ0n) is 14.1. The van der Waals surface area contributed by atoms with Gasteiger partial charge in [0.25, 0.3) is 0 Å². The van der Waals surface area contributed by atoms with Crippen molar-refractivity contribution in [3.8, 4) is 0 Å². The van der Waals surface area contributed by atoms with Gasteiger partial charge in [-0.25, -0.2) is 0 Å². The Morgan fingerprint density at radius 3 is 2.00 bits per heavy atom. The second-order valence-corrected chi connectivity index (χ2v) is 9.65. The fourth-order valence-electron chi connectivity index (χ4n) is 2.24. The van der Waals surface area contributed by atoms with Crippen LogP contribution >= 0.6 is 35.1 Å². The molecule has 0 unspecified atom stereocenters. The molecule has 0 radical (unpaired) electrons. The third kappa shape index (κ3) is 4.71. The van der Waals surface area contributed by atoms with E-state index < -0.39 is 0 Å². The number of hydrogen-bond donors (Lipinski definition) is 0. The number of hydrogen-bond acceptors (Lipinski definition) is 3. The molecule has 1 nitrogen and oxygen atoms in total. The molecule has 2 aromatic rings. The number of allylic oxidation sites excluding steroid dienone is 1. The molecule has 5 heteroatoms. The van der Waals surface area contributed by atoms with Gasteiger partial charge in [0, 0.05) is 0 Å². The summed E-state index contributed by atoms with van der Waals surface area (Å²) in [5.41, 5.74) is 3.19. The molecule has 0 saturated carbocycles. The van der Waals surface area contributed by atoms with E-state index in [9.17, 15) is 4.79 Å². The van der Waals surface area contributed by atoms with Gasteiger partial charge in [0.05, 0.1) is 0 Å². The van der Waals surface area contributed by atoms with Gasteiger partial charge in [-0.3, -0.25) is 0 Å². The fourth-order valence-corrected chi connectivity index (χ4v) is 7.08. The molecule has 126 valence electrons. The molecule has 2 aromatic carbocycles. The van der Waals surface area contributed by atoms with Crippen LogP contribution in [0.25, 0.3) is 0 Å². The van der Waals surface area contributed by atoms with Crippen LogP contribution in [-0.4, -0.2) is 33.3 Å². The van der Waals surface area contributed by atoms with Crippen molar-refractivity contribution in [1.82, 2.24) is 0 Å². The maximum absolute atomic E-state index is 13.1. The molecule has 0 spiro atoms. The first kappa shape index (κ1) is 19.7. The van der Waals surface area contributed by atoms with Crippen LogP contribution in [0.2, 0.25) is 5.02 Å². The Morgan fingerprint density at radius 2 is 1.50 bits per heavy atom. The van der Waals surface area contributed by atoms with Crippen LogP contribution < -0.4 is 4.46 Å². The normalized spacial score (nSPS) is 10.5. The number of rotatable bonds is 6. The summed E-state index contributed by atoms with van der Waals surface area (Å²) in [7, 11) is 0. The molecule has 2 rings (SSSR count). The van der Waals surface area contributed by atoms with Crippen molar-refractivity contribution in [2.24, 2.45) is 0 Å². The topological polar surface area (TPSA) is 17.1 Å². The summed E-state index contributed by atoms with van der Waals surface area (Å²) < 4.78 is 3.31. The van der Waals surface area contributed by atoms with Crippen molar-refractivity contribution < 1.29 is 4.79 Å². The summed E-state index contributed by atoms with van der Waals surface area (Å²) in [5.74, 6) is 0.105. The number of Topliss-reactive ketones (excluding diaryl/α,β-unsaturated/α-hetero) is 1. The number of halogens is 1. The Morgan fingerprint density at radius 1 is 0.958 bits per heavy atom. The standard InChI is InChI=1S/C19H19ClOS2Se/c1-12-6-5-7-13(2)17(12)24-18(19(22-3)23-4)16(21)14-8-10-15(20)11-9-14/h5-11H,1-4H3. The summed E-state index contributed by atoms with van der Waals surface area (Å²) in [4.78, 5) is 13.1. The maximum atomic E-state index is 13.1. The van der Waals surface area contributed by atoms with Gasteiger partial charge in [-0.05, 0) is 0 Å². The van der Waals surface area contributed by atoms with Gasteiger partial charge in [-0.1, -0.05) is 0 Å². The Bertz CT molecular complexity index is 743. The fraction of sp³-hybridized carbons (Fsp3) is 0.211. The van der Waals surface area contributed by atoms with Gasteiger partial charge in [0.15, 0.2) is 0 Å². The Kier molecular flexibility index (Phi) is 7.52. The SMILES string of the molecule is CSC(SC)=C([Se]c1c(C)cccc1C)C(=O)c1ccc(Cl)cc1. The van der Waals surface area contributed by atoms with Gasteiger partial charge in [-0.15, -0.1) is 0 Å². The first-order valence-electron chi connectivity index (χ1n) is 7.34. The molecule has 0 heterocycles. The zero-order chi connectivity index (χ0) is 17.7. The second kappa shape index (κ2) is 9.17. The summed E-state index contributed by atoms with van der Waals surface area (Å²) in [6.45, 7) is 4.23. The van der Waals surface area contributed by atoms with E-state index in [0.29, 0.717) is 10.6 Å². The van der Waals surface area contributed by atoms with Crippen LogP contribution in [0.15, 0.2) is 51.2 Å². The molecule has 24 heavy (non-hydrogen) atoms. The van der Waals surface area contributed by atoms with E-state index in [0.717, 1.165) is 8.71 Å². The van der Waals surface area contributed by atoms with Gasteiger partial charge < -0.3 is 0 Å². The number of aryl methyl sites for hydroxylation is 2. The van der Waals surface area contributed by atoms with Gasteiger partial charge >= 0.3 is 164 Å². The molecule has 0 aliphatic carbocycles. The molecule has 0 N–H and O–H groups in total. The molecule has 0 amide bonds. The summed E-state index contributed by atoms with van der Waals surface area (Å²) in [5, 5.41) is 0.646. The molecular formula is C19H19ClOS2Se. The van der Waals surface area contributed by atoms with E-state index >= 15 is 0 Å². The van der Waals surface area contributed by atoms with E-state index in [4.69, 9.17) is 11.6 Å². The second-order valence-electron chi connectivity index (χ2n) is 5.18. The van der Waals surface area contributed by atoms with Crippen molar-refractivity contribution in [1.29, 1.82) is 0 Å². The minimum atomic E-state index is -0.0342. The van der Waals surface area contributed by atoms with Crippen molar-refractivity contribution in [3.05, 3.63) is 72.9 Å².